The number of ether oxygens (including phenoxy) is 1. The van der Waals surface area contributed by atoms with Gasteiger partial charge in [0.25, 0.3) is 0 Å². The maximum atomic E-state index is 10.5. The number of nitrogen functional groups attached to an aromatic ring is 1. The van der Waals surface area contributed by atoms with Crippen molar-refractivity contribution in [3.63, 3.8) is 0 Å². The Morgan fingerprint density at radius 1 is 1.07 bits per heavy atom. The molecule has 28 heavy (non-hydrogen) atoms. The summed E-state index contributed by atoms with van der Waals surface area (Å²) in [6, 6.07) is 17.7. The Hall–Kier alpha value is -2.57. The van der Waals surface area contributed by atoms with Crippen molar-refractivity contribution in [3.05, 3.63) is 54.6 Å². The lowest BCUT2D eigenvalue weighted by Crippen LogP contribution is -2.44. The normalized spacial score (nSPS) is 12.6. The first kappa shape index (κ1) is 20.2. The lowest BCUT2D eigenvalue weighted by atomic mass is 10.3. The summed E-state index contributed by atoms with van der Waals surface area (Å²) in [5, 5.41) is 10.5. The van der Waals surface area contributed by atoms with Gasteiger partial charge in [-0.25, -0.2) is 9.13 Å². The molecule has 3 aromatic rings. The summed E-state index contributed by atoms with van der Waals surface area (Å²) in [6.07, 6.45) is -0.658. The fourth-order valence-electron chi connectivity index (χ4n) is 3.49. The fourth-order valence-corrected chi connectivity index (χ4v) is 3.49. The Morgan fingerprint density at radius 3 is 2.46 bits per heavy atom. The standard InChI is InChI=1S/C22H30N4O2/c1-3-24(4-2)14-15-25-20-12-8-9-13-21(20)26(22(25)23)16-18(27)17-28-19-10-6-5-7-11-19/h5-13,18,23,27H,3-4,14-17H2,1-2H3/p+1. The van der Waals surface area contributed by atoms with Crippen molar-refractivity contribution < 1.29 is 14.4 Å². The highest BCUT2D eigenvalue weighted by molar-refractivity contribution is 5.73. The molecule has 1 heterocycles. The van der Waals surface area contributed by atoms with Crippen LogP contribution in [-0.4, -0.2) is 46.9 Å². The molecule has 0 saturated heterocycles. The summed E-state index contributed by atoms with van der Waals surface area (Å²) < 4.78 is 9.81. The molecule has 0 aliphatic carbocycles. The van der Waals surface area contributed by atoms with E-state index in [9.17, 15) is 5.11 Å². The van der Waals surface area contributed by atoms with E-state index in [1.165, 1.54) is 0 Å². The molecule has 1 aromatic heterocycles. The molecule has 0 aliphatic heterocycles. The number of para-hydroxylation sites is 3. The van der Waals surface area contributed by atoms with Crippen molar-refractivity contribution in [2.75, 3.05) is 32.0 Å². The fraction of sp³-hybridized carbons (Fsp3) is 0.409. The minimum absolute atomic E-state index is 0.218. The van der Waals surface area contributed by atoms with Crippen molar-refractivity contribution in [2.45, 2.75) is 33.0 Å². The first-order chi connectivity index (χ1) is 13.6. The molecule has 3 rings (SSSR count). The van der Waals surface area contributed by atoms with Gasteiger partial charge in [-0.05, 0) is 37.4 Å². The zero-order valence-corrected chi connectivity index (χ0v) is 16.8. The molecule has 3 N–H and O–H groups in total. The van der Waals surface area contributed by atoms with Crippen LogP contribution in [0.25, 0.3) is 11.0 Å². The van der Waals surface area contributed by atoms with Gasteiger partial charge >= 0.3 is 5.95 Å². The van der Waals surface area contributed by atoms with Crippen molar-refractivity contribution in [1.82, 2.24) is 9.47 Å². The average Bonchev–Trinajstić information content (AvgIpc) is 2.99. The lowest BCUT2D eigenvalue weighted by Gasteiger charge is -2.17. The molecule has 6 nitrogen and oxygen atoms in total. The SMILES string of the molecule is CCN(CC)CCn1c(N)[n+](CC(O)COc2ccccc2)c2ccccc21. The van der Waals surface area contributed by atoms with Crippen LogP contribution < -0.4 is 15.0 Å². The van der Waals surface area contributed by atoms with Crippen LogP contribution in [0, 0.1) is 0 Å². The van der Waals surface area contributed by atoms with Crippen molar-refractivity contribution in [1.29, 1.82) is 0 Å². The number of anilines is 1. The number of hydrogen-bond acceptors (Lipinski definition) is 4. The van der Waals surface area contributed by atoms with Crippen LogP contribution in [0.15, 0.2) is 54.6 Å². The molecular formula is C22H31N4O2+. The Morgan fingerprint density at radius 2 is 1.75 bits per heavy atom. The van der Waals surface area contributed by atoms with E-state index in [1.54, 1.807) is 0 Å². The van der Waals surface area contributed by atoms with E-state index in [1.807, 2.05) is 53.1 Å². The van der Waals surface area contributed by atoms with Gasteiger partial charge in [0, 0.05) is 6.54 Å². The maximum absolute atomic E-state index is 10.5. The largest absolute Gasteiger partial charge is 0.491 e. The van der Waals surface area contributed by atoms with E-state index in [2.05, 4.69) is 29.4 Å². The summed E-state index contributed by atoms with van der Waals surface area (Å²) in [5.74, 6) is 1.41. The number of imidazole rings is 1. The number of aliphatic hydroxyl groups is 1. The van der Waals surface area contributed by atoms with Crippen LogP contribution in [0.5, 0.6) is 5.75 Å². The van der Waals surface area contributed by atoms with Crippen LogP contribution in [0.3, 0.4) is 0 Å². The van der Waals surface area contributed by atoms with Gasteiger partial charge in [-0.15, -0.1) is 0 Å². The van der Waals surface area contributed by atoms with Crippen LogP contribution in [0.4, 0.5) is 5.95 Å². The van der Waals surface area contributed by atoms with Crippen LogP contribution in [0.1, 0.15) is 13.8 Å². The highest BCUT2D eigenvalue weighted by Crippen LogP contribution is 2.17. The minimum atomic E-state index is -0.658. The Kier molecular flexibility index (Phi) is 6.90. The smallest absolute Gasteiger partial charge is 0.356 e. The number of nitrogens with two attached hydrogens (primary N) is 1. The predicted molar refractivity (Wildman–Crippen MR) is 112 cm³/mol. The Balaban J connectivity index is 1.76. The van der Waals surface area contributed by atoms with E-state index in [0.717, 1.165) is 43.0 Å². The summed E-state index contributed by atoms with van der Waals surface area (Å²) in [4.78, 5) is 2.38. The lowest BCUT2D eigenvalue weighted by molar-refractivity contribution is -0.665. The second kappa shape index (κ2) is 9.57. The first-order valence-corrected chi connectivity index (χ1v) is 9.98. The summed E-state index contributed by atoms with van der Waals surface area (Å²) in [5.41, 5.74) is 8.61. The van der Waals surface area contributed by atoms with Crippen molar-refractivity contribution >= 4 is 17.0 Å². The molecule has 0 amide bonds. The number of nitrogens with zero attached hydrogens (tertiary/aromatic N) is 3. The second-order valence-corrected chi connectivity index (χ2v) is 6.91. The molecule has 0 spiro atoms. The Labute approximate surface area is 166 Å². The van der Waals surface area contributed by atoms with Crippen molar-refractivity contribution in [3.8, 4) is 5.75 Å². The summed E-state index contributed by atoms with van der Waals surface area (Å²) >= 11 is 0. The molecule has 1 atom stereocenters. The van der Waals surface area contributed by atoms with E-state index in [-0.39, 0.29) is 6.61 Å². The number of benzene rings is 2. The van der Waals surface area contributed by atoms with Gasteiger partial charge < -0.3 is 14.7 Å². The molecule has 0 aliphatic rings. The monoisotopic (exact) mass is 383 g/mol. The zero-order chi connectivity index (χ0) is 19.9. The average molecular weight is 384 g/mol. The zero-order valence-electron chi connectivity index (χ0n) is 16.8. The summed E-state index contributed by atoms with van der Waals surface area (Å²) in [6.45, 7) is 8.74. The molecule has 2 aromatic carbocycles. The van der Waals surface area contributed by atoms with Gasteiger partial charge in [-0.3, -0.25) is 5.73 Å². The predicted octanol–water partition coefficient (Wildman–Crippen LogP) is 2.29. The molecule has 0 bridgehead atoms. The van der Waals surface area contributed by atoms with Gasteiger partial charge in [-0.1, -0.05) is 44.2 Å². The topological polar surface area (TPSA) is 67.5 Å². The second-order valence-electron chi connectivity index (χ2n) is 6.91. The van der Waals surface area contributed by atoms with Gasteiger partial charge in [0.15, 0.2) is 0 Å². The maximum Gasteiger partial charge on any atom is 0.356 e. The van der Waals surface area contributed by atoms with Crippen LogP contribution in [-0.2, 0) is 13.1 Å². The van der Waals surface area contributed by atoms with Gasteiger partial charge in [0.05, 0.1) is 6.54 Å². The number of fused-ring (bicyclic) bond motifs is 1. The highest BCUT2D eigenvalue weighted by atomic mass is 16.5. The number of likely N-dealkylation sites (N-methyl/N-ethyl adjacent to an activating group) is 1. The molecule has 0 saturated carbocycles. The molecule has 0 radical (unpaired) electrons. The molecule has 150 valence electrons. The third-order valence-corrected chi connectivity index (χ3v) is 5.13. The van der Waals surface area contributed by atoms with Gasteiger partial charge in [0.1, 0.15) is 36.0 Å². The van der Waals surface area contributed by atoms with E-state index in [4.69, 9.17) is 10.5 Å². The minimum Gasteiger partial charge on any atom is -0.491 e. The number of aliphatic hydroxyl groups excluding tert-OH is 1. The van der Waals surface area contributed by atoms with Crippen molar-refractivity contribution in [2.24, 2.45) is 0 Å². The first-order valence-electron chi connectivity index (χ1n) is 9.98. The quantitative estimate of drug-likeness (QED) is 0.527. The van der Waals surface area contributed by atoms with Gasteiger partial charge in [-0.2, -0.15) is 0 Å². The Bertz CT molecular complexity index is 875. The number of hydrogen-bond donors (Lipinski definition) is 2. The van der Waals surface area contributed by atoms with E-state index >= 15 is 0 Å². The third-order valence-electron chi connectivity index (χ3n) is 5.13. The van der Waals surface area contributed by atoms with Gasteiger partial charge in [0.2, 0.25) is 0 Å². The third kappa shape index (κ3) is 4.64. The molecule has 6 heteroatoms. The number of rotatable bonds is 10. The number of aromatic nitrogens is 2. The van der Waals surface area contributed by atoms with E-state index < -0.39 is 6.10 Å². The summed E-state index contributed by atoms with van der Waals surface area (Å²) in [7, 11) is 0. The molecular weight excluding hydrogens is 352 g/mol. The van der Waals surface area contributed by atoms with Crippen LogP contribution >= 0.6 is 0 Å². The molecule has 1 unspecified atom stereocenters. The van der Waals surface area contributed by atoms with E-state index in [0.29, 0.717) is 12.5 Å². The molecule has 0 fully saturated rings. The highest BCUT2D eigenvalue weighted by Gasteiger charge is 2.23. The van der Waals surface area contributed by atoms with Crippen LogP contribution in [0.2, 0.25) is 0 Å².